The van der Waals surface area contributed by atoms with E-state index in [2.05, 4.69) is 0 Å². The van der Waals surface area contributed by atoms with Crippen molar-refractivity contribution >= 4 is 0 Å². The summed E-state index contributed by atoms with van der Waals surface area (Å²) < 4.78 is 22.4. The molecule has 1 heterocycles. The van der Waals surface area contributed by atoms with Crippen molar-refractivity contribution in [3.8, 4) is 0 Å². The van der Waals surface area contributed by atoms with E-state index in [0.717, 1.165) is 19.4 Å². The third-order valence-corrected chi connectivity index (χ3v) is 2.66. The molecule has 0 bridgehead atoms. The van der Waals surface area contributed by atoms with Crippen LogP contribution in [0.25, 0.3) is 0 Å². The summed E-state index contributed by atoms with van der Waals surface area (Å²) in [4.78, 5) is 0. The van der Waals surface area contributed by atoms with Gasteiger partial charge < -0.3 is 18.9 Å². The Kier molecular flexibility index (Phi) is 6.96. The molecule has 0 aromatic heterocycles. The van der Waals surface area contributed by atoms with Gasteiger partial charge in [0.15, 0.2) is 12.6 Å². The SMILES string of the molecule is CCOC(OCC)[C@H]1CCCO[C@H]1OCC. The smallest absolute Gasteiger partial charge is 0.165 e. The lowest BCUT2D eigenvalue weighted by molar-refractivity contribution is -0.263. The molecule has 0 unspecified atom stereocenters. The highest BCUT2D eigenvalue weighted by Gasteiger charge is 2.34. The zero-order chi connectivity index (χ0) is 11.8. The van der Waals surface area contributed by atoms with Gasteiger partial charge in [0.2, 0.25) is 0 Å². The summed E-state index contributed by atoms with van der Waals surface area (Å²) in [5.41, 5.74) is 0. The van der Waals surface area contributed by atoms with Crippen molar-refractivity contribution in [2.24, 2.45) is 5.92 Å². The van der Waals surface area contributed by atoms with Gasteiger partial charge in [0.05, 0.1) is 5.92 Å². The molecule has 0 spiro atoms. The lowest BCUT2D eigenvalue weighted by Crippen LogP contribution is -2.42. The van der Waals surface area contributed by atoms with Crippen molar-refractivity contribution in [3.05, 3.63) is 0 Å². The first kappa shape index (κ1) is 13.9. The van der Waals surface area contributed by atoms with Gasteiger partial charge in [0.1, 0.15) is 0 Å². The topological polar surface area (TPSA) is 36.9 Å². The molecular weight excluding hydrogens is 208 g/mol. The lowest BCUT2D eigenvalue weighted by Gasteiger charge is -2.35. The Hall–Kier alpha value is -0.160. The molecular formula is C12H24O4. The standard InChI is InChI=1S/C12H24O4/c1-4-13-11(14-5-2)10-8-7-9-16-12(10)15-6-3/h10-12H,4-9H2,1-3H3/t10-,12-/m1/s1. The van der Waals surface area contributed by atoms with E-state index in [1.807, 2.05) is 20.8 Å². The lowest BCUT2D eigenvalue weighted by atomic mass is 9.99. The number of hydrogen-bond donors (Lipinski definition) is 0. The van der Waals surface area contributed by atoms with E-state index in [1.165, 1.54) is 0 Å². The third kappa shape index (κ3) is 4.01. The minimum absolute atomic E-state index is 0.179. The Labute approximate surface area is 98.2 Å². The Morgan fingerprint density at radius 1 is 1.12 bits per heavy atom. The molecule has 4 heteroatoms. The molecule has 0 aromatic carbocycles. The van der Waals surface area contributed by atoms with E-state index in [0.29, 0.717) is 19.8 Å². The Balaban J connectivity index is 2.54. The van der Waals surface area contributed by atoms with Crippen LogP contribution in [0.5, 0.6) is 0 Å². The molecule has 1 fully saturated rings. The van der Waals surface area contributed by atoms with Crippen LogP contribution in [0, 0.1) is 5.92 Å². The summed E-state index contributed by atoms with van der Waals surface area (Å²) in [5, 5.41) is 0. The largest absolute Gasteiger partial charge is 0.352 e. The Bertz CT molecular complexity index is 166. The summed E-state index contributed by atoms with van der Waals surface area (Å²) in [6.45, 7) is 8.67. The monoisotopic (exact) mass is 232 g/mol. The average Bonchev–Trinajstić information content (AvgIpc) is 2.30. The van der Waals surface area contributed by atoms with Crippen LogP contribution in [0.3, 0.4) is 0 Å². The molecule has 1 rings (SSSR count). The normalized spacial score (nSPS) is 26.2. The molecule has 0 saturated carbocycles. The van der Waals surface area contributed by atoms with Gasteiger partial charge in [-0.1, -0.05) is 0 Å². The average molecular weight is 232 g/mol. The quantitative estimate of drug-likeness (QED) is 0.630. The fraction of sp³-hybridized carbons (Fsp3) is 1.00. The molecule has 16 heavy (non-hydrogen) atoms. The highest BCUT2D eigenvalue weighted by Crippen LogP contribution is 2.27. The van der Waals surface area contributed by atoms with E-state index >= 15 is 0 Å². The first-order chi connectivity index (χ1) is 7.83. The van der Waals surface area contributed by atoms with Crippen LogP contribution in [0.2, 0.25) is 0 Å². The second-order valence-electron chi connectivity index (χ2n) is 3.78. The second kappa shape index (κ2) is 8.01. The van der Waals surface area contributed by atoms with E-state index in [4.69, 9.17) is 18.9 Å². The van der Waals surface area contributed by atoms with Gasteiger partial charge in [-0.25, -0.2) is 0 Å². The van der Waals surface area contributed by atoms with Gasteiger partial charge in [-0.2, -0.15) is 0 Å². The Morgan fingerprint density at radius 2 is 1.81 bits per heavy atom. The minimum Gasteiger partial charge on any atom is -0.352 e. The fourth-order valence-corrected chi connectivity index (χ4v) is 2.00. The highest BCUT2D eigenvalue weighted by molar-refractivity contribution is 4.72. The zero-order valence-electron chi connectivity index (χ0n) is 10.6. The fourth-order valence-electron chi connectivity index (χ4n) is 2.00. The van der Waals surface area contributed by atoms with E-state index in [1.54, 1.807) is 0 Å². The van der Waals surface area contributed by atoms with Crippen molar-refractivity contribution < 1.29 is 18.9 Å². The van der Waals surface area contributed by atoms with Crippen LogP contribution in [-0.2, 0) is 18.9 Å². The van der Waals surface area contributed by atoms with Gasteiger partial charge in [0, 0.05) is 26.4 Å². The molecule has 0 aromatic rings. The van der Waals surface area contributed by atoms with Gasteiger partial charge in [-0.3, -0.25) is 0 Å². The number of ether oxygens (including phenoxy) is 4. The van der Waals surface area contributed by atoms with Crippen LogP contribution in [0.15, 0.2) is 0 Å². The van der Waals surface area contributed by atoms with Gasteiger partial charge >= 0.3 is 0 Å². The molecule has 1 aliphatic heterocycles. The number of hydrogen-bond acceptors (Lipinski definition) is 4. The van der Waals surface area contributed by atoms with E-state index in [-0.39, 0.29) is 18.5 Å². The predicted octanol–water partition coefficient (Wildman–Crippen LogP) is 2.17. The molecule has 2 atom stereocenters. The summed E-state index contributed by atoms with van der Waals surface area (Å²) in [6, 6.07) is 0. The minimum atomic E-state index is -0.202. The second-order valence-corrected chi connectivity index (χ2v) is 3.78. The van der Waals surface area contributed by atoms with Crippen LogP contribution in [0.4, 0.5) is 0 Å². The molecule has 0 N–H and O–H groups in total. The molecule has 1 saturated heterocycles. The number of rotatable bonds is 7. The van der Waals surface area contributed by atoms with Gasteiger partial charge in [-0.05, 0) is 33.6 Å². The molecule has 0 radical (unpaired) electrons. The van der Waals surface area contributed by atoms with Crippen LogP contribution in [-0.4, -0.2) is 39.0 Å². The summed E-state index contributed by atoms with van der Waals surface area (Å²) in [7, 11) is 0. The molecule has 1 aliphatic rings. The molecule has 4 nitrogen and oxygen atoms in total. The van der Waals surface area contributed by atoms with Crippen LogP contribution in [0.1, 0.15) is 33.6 Å². The maximum Gasteiger partial charge on any atom is 0.165 e. The highest BCUT2D eigenvalue weighted by atomic mass is 16.7. The van der Waals surface area contributed by atoms with Crippen molar-refractivity contribution in [3.63, 3.8) is 0 Å². The molecule has 96 valence electrons. The summed E-state index contributed by atoms with van der Waals surface area (Å²) in [5.74, 6) is 0.189. The Morgan fingerprint density at radius 3 is 2.38 bits per heavy atom. The van der Waals surface area contributed by atoms with E-state index in [9.17, 15) is 0 Å². The van der Waals surface area contributed by atoms with Gasteiger partial charge in [0.25, 0.3) is 0 Å². The first-order valence-electron chi connectivity index (χ1n) is 6.29. The first-order valence-corrected chi connectivity index (χ1v) is 6.29. The third-order valence-electron chi connectivity index (χ3n) is 2.66. The van der Waals surface area contributed by atoms with Crippen molar-refractivity contribution in [1.29, 1.82) is 0 Å². The summed E-state index contributed by atoms with van der Waals surface area (Å²) >= 11 is 0. The molecule has 0 amide bonds. The van der Waals surface area contributed by atoms with Crippen molar-refractivity contribution in [1.82, 2.24) is 0 Å². The van der Waals surface area contributed by atoms with Crippen molar-refractivity contribution in [2.45, 2.75) is 46.2 Å². The van der Waals surface area contributed by atoms with Crippen molar-refractivity contribution in [2.75, 3.05) is 26.4 Å². The van der Waals surface area contributed by atoms with E-state index < -0.39 is 0 Å². The predicted molar refractivity (Wildman–Crippen MR) is 61.1 cm³/mol. The molecule has 0 aliphatic carbocycles. The zero-order valence-corrected chi connectivity index (χ0v) is 10.6. The maximum absolute atomic E-state index is 5.62. The van der Waals surface area contributed by atoms with Crippen LogP contribution >= 0.6 is 0 Å². The maximum atomic E-state index is 5.62. The van der Waals surface area contributed by atoms with Gasteiger partial charge in [-0.15, -0.1) is 0 Å². The van der Waals surface area contributed by atoms with Crippen LogP contribution < -0.4 is 0 Å². The summed E-state index contributed by atoms with van der Waals surface area (Å²) in [6.07, 6.45) is 1.70.